The number of amides is 1. The first-order chi connectivity index (χ1) is 5.65. The average molecular weight is 172 g/mol. The molecule has 0 aromatic heterocycles. The zero-order valence-corrected chi connectivity index (χ0v) is 7.58. The molecule has 0 unspecified atom stereocenters. The Bertz CT molecular complexity index is 171. The second kappa shape index (κ2) is 3.84. The van der Waals surface area contributed by atoms with Crippen molar-refractivity contribution in [1.82, 2.24) is 15.4 Å². The van der Waals surface area contributed by atoms with Crippen molar-refractivity contribution in [3.8, 4) is 0 Å². The number of hydrogen-bond donors (Lipinski definition) is 2. The summed E-state index contributed by atoms with van der Waals surface area (Å²) in [5.74, 6) is 5.33. The van der Waals surface area contributed by atoms with Gasteiger partial charge in [0, 0.05) is 19.1 Å². The second-order valence-electron chi connectivity index (χ2n) is 3.23. The average Bonchev–Trinajstić information content (AvgIpc) is 2.03. The maximum absolute atomic E-state index is 11.4. The van der Waals surface area contributed by atoms with Crippen LogP contribution in [0.15, 0.2) is 0 Å². The van der Waals surface area contributed by atoms with Crippen LogP contribution >= 0.6 is 0 Å². The summed E-state index contributed by atoms with van der Waals surface area (Å²) >= 11 is 0. The van der Waals surface area contributed by atoms with E-state index < -0.39 is 0 Å². The molecule has 1 heterocycles. The van der Waals surface area contributed by atoms with E-state index in [1.807, 2.05) is 18.7 Å². The minimum Gasteiger partial charge on any atom is -0.338 e. The zero-order chi connectivity index (χ0) is 9.14. The van der Waals surface area contributed by atoms with E-state index in [-0.39, 0.29) is 11.9 Å². The van der Waals surface area contributed by atoms with Crippen molar-refractivity contribution in [1.29, 1.82) is 0 Å². The van der Waals surface area contributed by atoms with E-state index in [0.29, 0.717) is 6.54 Å². The van der Waals surface area contributed by atoms with Crippen LogP contribution in [0.25, 0.3) is 0 Å². The van der Waals surface area contributed by atoms with E-state index in [1.165, 1.54) is 0 Å². The Kier molecular flexibility index (Phi) is 3.02. The molecule has 1 saturated heterocycles. The first kappa shape index (κ1) is 9.44. The minimum absolute atomic E-state index is 0.134. The van der Waals surface area contributed by atoms with Gasteiger partial charge in [-0.05, 0) is 13.8 Å². The van der Waals surface area contributed by atoms with Crippen molar-refractivity contribution in [3.05, 3.63) is 0 Å². The van der Waals surface area contributed by atoms with Crippen LogP contribution in [0, 0.1) is 0 Å². The monoisotopic (exact) mass is 172 g/mol. The molecule has 0 bridgehead atoms. The molecule has 0 atom stereocenters. The largest absolute Gasteiger partial charge is 0.338 e. The van der Waals surface area contributed by atoms with E-state index in [0.717, 1.165) is 13.1 Å². The summed E-state index contributed by atoms with van der Waals surface area (Å²) in [6, 6.07) is 0.289. The Hall–Kier alpha value is -0.650. The van der Waals surface area contributed by atoms with Crippen LogP contribution in [-0.4, -0.2) is 41.5 Å². The van der Waals surface area contributed by atoms with Gasteiger partial charge in [-0.2, -0.15) is 5.53 Å². The molecule has 0 radical (unpaired) electrons. The van der Waals surface area contributed by atoms with Crippen molar-refractivity contribution in [2.24, 2.45) is 5.84 Å². The van der Waals surface area contributed by atoms with Gasteiger partial charge in [-0.25, -0.2) is 5.01 Å². The van der Waals surface area contributed by atoms with Crippen molar-refractivity contribution < 1.29 is 4.79 Å². The number of nitrogens with two attached hydrogens (primary N) is 1. The van der Waals surface area contributed by atoms with Crippen LogP contribution in [0.3, 0.4) is 0 Å². The molecular formula is C7H16N4O. The van der Waals surface area contributed by atoms with Gasteiger partial charge in [0.2, 0.25) is 5.91 Å². The van der Waals surface area contributed by atoms with E-state index in [2.05, 4.69) is 5.53 Å². The predicted molar refractivity (Wildman–Crippen MR) is 45.7 cm³/mol. The lowest BCUT2D eigenvalue weighted by molar-refractivity contribution is -0.139. The van der Waals surface area contributed by atoms with Crippen LogP contribution in [-0.2, 0) is 4.79 Å². The lowest BCUT2D eigenvalue weighted by Gasteiger charge is -2.35. The summed E-state index contributed by atoms with van der Waals surface area (Å²) in [4.78, 5) is 13.2. The lowest BCUT2D eigenvalue weighted by atomic mass is 10.2. The summed E-state index contributed by atoms with van der Waals surface area (Å²) in [5.41, 5.74) is 2.48. The van der Waals surface area contributed by atoms with Gasteiger partial charge in [-0.15, -0.1) is 0 Å². The molecule has 1 aliphatic heterocycles. The highest BCUT2D eigenvalue weighted by atomic mass is 16.2. The minimum atomic E-state index is 0.134. The molecule has 3 N–H and O–H groups in total. The van der Waals surface area contributed by atoms with Crippen molar-refractivity contribution >= 4 is 5.91 Å². The van der Waals surface area contributed by atoms with Gasteiger partial charge >= 0.3 is 0 Å². The maximum Gasteiger partial charge on any atom is 0.238 e. The summed E-state index contributed by atoms with van der Waals surface area (Å²) in [5, 5.41) is 1.71. The topological polar surface area (TPSA) is 61.6 Å². The molecule has 1 aliphatic rings. The van der Waals surface area contributed by atoms with Gasteiger partial charge in [0.05, 0.1) is 6.54 Å². The molecule has 0 saturated carbocycles. The number of rotatable bonds is 2. The van der Waals surface area contributed by atoms with Gasteiger partial charge in [0.1, 0.15) is 0 Å². The molecule has 0 spiro atoms. The fourth-order valence-corrected chi connectivity index (χ4v) is 1.34. The van der Waals surface area contributed by atoms with Gasteiger partial charge < -0.3 is 4.90 Å². The highest BCUT2D eigenvalue weighted by molar-refractivity contribution is 5.79. The number of nitrogens with one attached hydrogen (secondary N) is 1. The number of piperazine rings is 1. The number of carbonyl (C=O) groups excluding carboxylic acids is 1. The molecule has 5 heteroatoms. The highest BCUT2D eigenvalue weighted by Crippen LogP contribution is 2.04. The third-order valence-electron chi connectivity index (χ3n) is 2.06. The number of hydrogen-bond acceptors (Lipinski definition) is 4. The van der Waals surface area contributed by atoms with E-state index in [1.54, 1.807) is 5.01 Å². The van der Waals surface area contributed by atoms with Crippen LogP contribution in [0.5, 0.6) is 0 Å². The normalized spacial score (nSPS) is 20.7. The summed E-state index contributed by atoms with van der Waals surface area (Å²) in [6.45, 7) is 5.95. The molecule has 1 fully saturated rings. The quantitative estimate of drug-likeness (QED) is 0.411. The summed E-state index contributed by atoms with van der Waals surface area (Å²) in [7, 11) is 0. The smallest absolute Gasteiger partial charge is 0.238 e. The standard InChI is InChI=1S/C7H16N4O/c1-6(2)11-4-3-10(9-8)5-7(11)12/h6,9H,3-5,8H2,1-2H3. The molecule has 0 aliphatic carbocycles. The van der Waals surface area contributed by atoms with E-state index >= 15 is 0 Å². The number of hydrazine groups is 2. The molecule has 1 amide bonds. The van der Waals surface area contributed by atoms with Crippen LogP contribution in [0.4, 0.5) is 0 Å². The van der Waals surface area contributed by atoms with Crippen molar-refractivity contribution in [2.45, 2.75) is 19.9 Å². The van der Waals surface area contributed by atoms with E-state index in [4.69, 9.17) is 5.84 Å². The molecule has 5 nitrogen and oxygen atoms in total. The van der Waals surface area contributed by atoms with Gasteiger partial charge in [-0.3, -0.25) is 10.6 Å². The Morgan fingerprint density at radius 2 is 2.17 bits per heavy atom. The predicted octanol–water partition coefficient (Wildman–Crippen LogP) is -1.08. The molecule has 0 aromatic carbocycles. The van der Waals surface area contributed by atoms with Crippen molar-refractivity contribution in [2.75, 3.05) is 19.6 Å². The molecule has 70 valence electrons. The lowest BCUT2D eigenvalue weighted by Crippen LogP contribution is -2.58. The Morgan fingerprint density at radius 3 is 2.58 bits per heavy atom. The van der Waals surface area contributed by atoms with Crippen LogP contribution in [0.1, 0.15) is 13.8 Å². The van der Waals surface area contributed by atoms with Gasteiger partial charge in [0.25, 0.3) is 0 Å². The summed E-state index contributed by atoms with van der Waals surface area (Å²) < 4.78 is 0. The Morgan fingerprint density at radius 1 is 1.50 bits per heavy atom. The SMILES string of the molecule is CC(C)N1CCN(NN)CC1=O. The molecule has 0 aromatic rings. The fraction of sp³-hybridized carbons (Fsp3) is 0.857. The Balaban J connectivity index is 2.48. The van der Waals surface area contributed by atoms with Gasteiger partial charge in [-0.1, -0.05) is 0 Å². The third-order valence-corrected chi connectivity index (χ3v) is 2.06. The van der Waals surface area contributed by atoms with Crippen LogP contribution < -0.4 is 11.4 Å². The maximum atomic E-state index is 11.4. The van der Waals surface area contributed by atoms with E-state index in [9.17, 15) is 4.79 Å². The van der Waals surface area contributed by atoms with Gasteiger partial charge in [0.15, 0.2) is 0 Å². The zero-order valence-electron chi connectivity index (χ0n) is 7.58. The second-order valence-corrected chi connectivity index (χ2v) is 3.23. The Labute approximate surface area is 72.4 Å². The van der Waals surface area contributed by atoms with Crippen LogP contribution in [0.2, 0.25) is 0 Å². The highest BCUT2D eigenvalue weighted by Gasteiger charge is 2.24. The third kappa shape index (κ3) is 1.94. The summed E-state index contributed by atoms with van der Waals surface area (Å²) in [6.07, 6.45) is 0. The fourth-order valence-electron chi connectivity index (χ4n) is 1.34. The number of nitrogens with zero attached hydrogens (tertiary/aromatic N) is 2. The molecule has 12 heavy (non-hydrogen) atoms. The first-order valence-electron chi connectivity index (χ1n) is 4.16. The number of carbonyl (C=O) groups is 1. The first-order valence-corrected chi connectivity index (χ1v) is 4.16. The van der Waals surface area contributed by atoms with Crippen molar-refractivity contribution in [3.63, 3.8) is 0 Å². The molecular weight excluding hydrogens is 156 g/mol. The molecule has 1 rings (SSSR count).